The Morgan fingerprint density at radius 2 is 0.849 bits per heavy atom. The van der Waals surface area contributed by atoms with Gasteiger partial charge in [0.1, 0.15) is 0 Å². The third-order valence-electron chi connectivity index (χ3n) is 11.2. The molecule has 0 saturated carbocycles. The van der Waals surface area contributed by atoms with Crippen molar-refractivity contribution in [2.45, 2.75) is 129 Å². The molecule has 6 aromatic carbocycles. The molecule has 0 spiro atoms. The summed E-state index contributed by atoms with van der Waals surface area (Å²) in [5, 5.41) is 5.76. The fraction of sp³-hybridized carbons (Fsp3) is 0.380. The summed E-state index contributed by atoms with van der Waals surface area (Å²) in [6.07, 6.45) is 7.42. The van der Waals surface area contributed by atoms with Gasteiger partial charge in [-0.05, 0) is 90.5 Å². The number of hydrogen-bond acceptors (Lipinski definition) is 0. The van der Waals surface area contributed by atoms with Crippen molar-refractivity contribution in [1.29, 1.82) is 0 Å². The number of hydrogen-bond donors (Lipinski definition) is 0. The third kappa shape index (κ3) is 10.5. The zero-order valence-corrected chi connectivity index (χ0v) is 38.9. The average molecular weight is 826 g/mol. The number of unbranched alkanes of at least 4 members (excludes halogenated alkanes) is 2. The minimum atomic E-state index is -0.826. The number of rotatable bonds is 8. The van der Waals surface area contributed by atoms with Gasteiger partial charge in [0.2, 0.25) is 0 Å². The zero-order chi connectivity index (χ0) is 39.6. The first-order chi connectivity index (χ1) is 25.3. The Bertz CT molecular complexity index is 1970. The second-order valence-corrected chi connectivity index (χ2v) is 18.5. The van der Waals surface area contributed by atoms with Crippen molar-refractivity contribution in [3.05, 3.63) is 134 Å². The van der Waals surface area contributed by atoms with Crippen LogP contribution in [-0.4, -0.2) is 0 Å². The molecule has 6 aromatic rings. The predicted octanol–water partition coefficient (Wildman–Crippen LogP) is 16.4. The van der Waals surface area contributed by atoms with Gasteiger partial charge in [0.25, 0.3) is 0 Å². The molecule has 0 amide bonds. The summed E-state index contributed by atoms with van der Waals surface area (Å²) in [4.78, 5) is 0. The Balaban J connectivity index is 0.000000255. The number of halogens is 2. The van der Waals surface area contributed by atoms with Crippen molar-refractivity contribution >= 4 is 38.6 Å². The van der Waals surface area contributed by atoms with E-state index >= 15 is 0 Å². The van der Waals surface area contributed by atoms with E-state index in [1.165, 1.54) is 149 Å². The van der Waals surface area contributed by atoms with E-state index in [9.17, 15) is 0 Å². The molecule has 284 valence electrons. The molecule has 0 saturated heterocycles. The van der Waals surface area contributed by atoms with Crippen LogP contribution in [0.1, 0.15) is 113 Å². The zero-order valence-electron chi connectivity index (χ0n) is 35.0. The monoisotopic (exact) mass is 823 g/mol. The van der Waals surface area contributed by atoms with Gasteiger partial charge in [0, 0.05) is 0 Å². The summed E-state index contributed by atoms with van der Waals surface area (Å²) in [6.45, 7) is 32.0. The molecule has 0 radical (unpaired) electrons. The van der Waals surface area contributed by atoms with Gasteiger partial charge in [-0.3, -0.25) is 0 Å². The molecule has 53 heavy (non-hydrogen) atoms. The fourth-order valence-electron chi connectivity index (χ4n) is 7.85. The molecular weight excluding hydrogens is 763 g/mol. The molecule has 0 nitrogen and oxygen atoms in total. The van der Waals surface area contributed by atoms with Crippen molar-refractivity contribution < 1.29 is 20.8 Å². The summed E-state index contributed by atoms with van der Waals surface area (Å²) >= 11 is -0.826. The second-order valence-electron chi connectivity index (χ2n) is 14.8. The summed E-state index contributed by atoms with van der Waals surface area (Å²) in [7, 11) is 9.87. The normalized spacial score (nSPS) is 10.7. The van der Waals surface area contributed by atoms with Gasteiger partial charge in [0.05, 0.1) is 0 Å². The van der Waals surface area contributed by atoms with Gasteiger partial charge in [0.15, 0.2) is 0 Å². The van der Waals surface area contributed by atoms with E-state index in [4.69, 9.17) is 17.0 Å². The van der Waals surface area contributed by atoms with Crippen molar-refractivity contribution in [3.8, 4) is 22.3 Å². The molecular formula is C50H63Cl2Zr-3. The summed E-state index contributed by atoms with van der Waals surface area (Å²) < 4.78 is 0. The Morgan fingerprint density at radius 3 is 1.15 bits per heavy atom. The first-order valence-electron chi connectivity index (χ1n) is 19.5. The van der Waals surface area contributed by atoms with Crippen LogP contribution in [0.4, 0.5) is 0 Å². The van der Waals surface area contributed by atoms with Crippen LogP contribution in [0.5, 0.6) is 0 Å². The maximum atomic E-state index is 4.93. The third-order valence-corrected chi connectivity index (χ3v) is 11.2. The van der Waals surface area contributed by atoms with Crippen molar-refractivity contribution in [3.63, 3.8) is 0 Å². The van der Waals surface area contributed by atoms with Crippen LogP contribution in [0.3, 0.4) is 0 Å². The molecule has 0 aromatic heterocycles. The molecule has 0 aliphatic carbocycles. The molecule has 0 atom stereocenters. The first-order valence-corrected chi connectivity index (χ1v) is 25.8. The van der Waals surface area contributed by atoms with E-state index < -0.39 is 20.8 Å². The molecule has 0 aliphatic heterocycles. The van der Waals surface area contributed by atoms with E-state index in [2.05, 4.69) is 151 Å². The van der Waals surface area contributed by atoms with Crippen molar-refractivity contribution in [1.82, 2.24) is 0 Å². The van der Waals surface area contributed by atoms with Gasteiger partial charge < -0.3 is 6.92 Å². The van der Waals surface area contributed by atoms with Crippen LogP contribution >= 0.6 is 17.0 Å². The first kappa shape index (κ1) is 45.0. The molecule has 0 N–H and O–H groups in total. The van der Waals surface area contributed by atoms with E-state index in [1.54, 1.807) is 6.92 Å². The second kappa shape index (κ2) is 21.0. The number of benzene rings is 4. The van der Waals surface area contributed by atoms with Gasteiger partial charge in [-0.15, -0.1) is 55.9 Å². The fourth-order valence-corrected chi connectivity index (χ4v) is 7.85. The summed E-state index contributed by atoms with van der Waals surface area (Å²) in [6, 6.07) is 23.4. The SMILES string of the molecule is CCCCc1cc2c(-c3ccc(C)cc3C)c(C)c(C)c(C)c2[cH-]1.CCCCc1cc2c(-c3ccc(C)cc3C)c(C)c(C)c(C)c2[cH-]1.[CH2-]C.[Cl][Zr][Cl]. The Hall–Kier alpha value is -2.44. The van der Waals surface area contributed by atoms with Gasteiger partial charge in [-0.1, -0.05) is 134 Å². The Morgan fingerprint density at radius 1 is 0.509 bits per heavy atom. The molecule has 0 bridgehead atoms. The van der Waals surface area contributed by atoms with Crippen LogP contribution in [0.25, 0.3) is 43.8 Å². The topological polar surface area (TPSA) is 0 Å². The maximum absolute atomic E-state index is 4.93. The Kier molecular flexibility index (Phi) is 17.8. The van der Waals surface area contributed by atoms with Crippen LogP contribution in [0.15, 0.2) is 60.7 Å². The molecule has 3 heteroatoms. The van der Waals surface area contributed by atoms with Crippen molar-refractivity contribution in [2.24, 2.45) is 0 Å². The molecule has 0 fully saturated rings. The van der Waals surface area contributed by atoms with Gasteiger partial charge in [-0.25, -0.2) is 0 Å². The standard InChI is InChI=1S/2C24H29.C2H5.2ClH.Zr/c2*1-7-8-9-20-13-22-18(5)17(4)19(6)24(23(22)14-20)21-11-10-15(2)12-16(21)3;1-2;;;/h2*10-14H,7-9H2,1-6H3;1H2,2H3;2*1H;/q3*-1;;;+2/p-2. The quantitative estimate of drug-likeness (QED) is 0.134. The summed E-state index contributed by atoms with van der Waals surface area (Å²) in [5.74, 6) is 0. The molecule has 0 aliphatic rings. The minimum absolute atomic E-state index is 0.826. The van der Waals surface area contributed by atoms with E-state index in [0.717, 1.165) is 0 Å². The van der Waals surface area contributed by atoms with E-state index in [1.807, 2.05) is 0 Å². The molecule has 0 unspecified atom stereocenters. The average Bonchev–Trinajstić information content (AvgIpc) is 3.76. The van der Waals surface area contributed by atoms with Gasteiger partial charge >= 0.3 is 37.9 Å². The Labute approximate surface area is 342 Å². The van der Waals surface area contributed by atoms with E-state index in [-0.39, 0.29) is 0 Å². The number of aryl methyl sites for hydroxylation is 8. The predicted molar refractivity (Wildman–Crippen MR) is 237 cm³/mol. The molecule has 6 rings (SSSR count). The van der Waals surface area contributed by atoms with Crippen LogP contribution in [0, 0.1) is 76.2 Å². The summed E-state index contributed by atoms with van der Waals surface area (Å²) in [5.41, 5.74) is 22.7. The van der Waals surface area contributed by atoms with E-state index in [0.29, 0.717) is 0 Å². The van der Waals surface area contributed by atoms with Crippen LogP contribution in [0.2, 0.25) is 0 Å². The van der Waals surface area contributed by atoms with Crippen LogP contribution < -0.4 is 0 Å². The molecule has 0 heterocycles. The van der Waals surface area contributed by atoms with Crippen LogP contribution in [-0.2, 0) is 33.7 Å². The van der Waals surface area contributed by atoms with Crippen molar-refractivity contribution in [2.75, 3.05) is 0 Å². The van der Waals surface area contributed by atoms with Gasteiger partial charge in [-0.2, -0.15) is 19.1 Å². The number of fused-ring (bicyclic) bond motifs is 2.